The molecule has 1 unspecified atom stereocenters. The van der Waals surface area contributed by atoms with Gasteiger partial charge in [0, 0.05) is 31.4 Å². The summed E-state index contributed by atoms with van der Waals surface area (Å²) >= 11 is 0. The summed E-state index contributed by atoms with van der Waals surface area (Å²) in [5.74, 6) is -1.13. The van der Waals surface area contributed by atoms with Crippen molar-refractivity contribution in [2.24, 2.45) is 7.05 Å². The third kappa shape index (κ3) is 2.56. The Hall–Kier alpha value is -1.75. The molecular weight excluding hydrogens is 238 g/mol. The Labute approximate surface area is 104 Å². The van der Waals surface area contributed by atoms with Crippen LogP contribution in [0, 0.1) is 11.6 Å². The number of rotatable bonds is 4. The molecule has 0 saturated carbocycles. The van der Waals surface area contributed by atoms with Crippen LogP contribution >= 0.6 is 0 Å². The van der Waals surface area contributed by atoms with Gasteiger partial charge in [0.25, 0.3) is 0 Å². The summed E-state index contributed by atoms with van der Waals surface area (Å²) in [5, 5.41) is 9.87. The molecule has 1 heterocycles. The Bertz CT molecular complexity index is 540. The zero-order valence-electron chi connectivity index (χ0n) is 9.98. The molecule has 18 heavy (non-hydrogen) atoms. The van der Waals surface area contributed by atoms with Crippen LogP contribution in [-0.4, -0.2) is 14.7 Å². The van der Waals surface area contributed by atoms with Gasteiger partial charge in [-0.25, -0.2) is 13.8 Å². The van der Waals surface area contributed by atoms with Gasteiger partial charge in [0.05, 0.1) is 6.10 Å². The Balaban J connectivity index is 2.06. The van der Waals surface area contributed by atoms with Crippen molar-refractivity contribution in [2.45, 2.75) is 18.9 Å². The van der Waals surface area contributed by atoms with Gasteiger partial charge in [0.1, 0.15) is 5.82 Å². The van der Waals surface area contributed by atoms with Gasteiger partial charge >= 0.3 is 0 Å². The van der Waals surface area contributed by atoms with Gasteiger partial charge in [-0.15, -0.1) is 0 Å². The van der Waals surface area contributed by atoms with Crippen LogP contribution in [0.5, 0.6) is 0 Å². The van der Waals surface area contributed by atoms with Crippen molar-refractivity contribution >= 4 is 0 Å². The van der Waals surface area contributed by atoms with Crippen molar-refractivity contribution < 1.29 is 13.9 Å². The number of benzene rings is 1. The first kappa shape index (κ1) is 12.7. The summed E-state index contributed by atoms with van der Waals surface area (Å²) in [6, 6.07) is 3.81. The van der Waals surface area contributed by atoms with Crippen LogP contribution in [0.4, 0.5) is 8.78 Å². The van der Waals surface area contributed by atoms with E-state index in [-0.39, 0.29) is 5.56 Å². The first-order chi connectivity index (χ1) is 8.59. The van der Waals surface area contributed by atoms with Gasteiger partial charge in [-0.2, -0.15) is 0 Å². The fourth-order valence-corrected chi connectivity index (χ4v) is 1.84. The Morgan fingerprint density at radius 2 is 2.17 bits per heavy atom. The van der Waals surface area contributed by atoms with Gasteiger partial charge in [-0.3, -0.25) is 0 Å². The molecule has 1 aromatic heterocycles. The molecule has 0 aliphatic carbocycles. The average Bonchev–Trinajstić information content (AvgIpc) is 2.75. The zero-order chi connectivity index (χ0) is 13.1. The quantitative estimate of drug-likeness (QED) is 0.907. The Kier molecular flexibility index (Phi) is 3.72. The molecule has 0 fully saturated rings. The number of aliphatic hydroxyl groups is 1. The molecule has 2 aromatic rings. The summed E-state index contributed by atoms with van der Waals surface area (Å²) in [6.07, 6.45) is 3.22. The minimum Gasteiger partial charge on any atom is -0.388 e. The summed E-state index contributed by atoms with van der Waals surface area (Å²) < 4.78 is 28.3. The van der Waals surface area contributed by atoms with E-state index < -0.39 is 17.7 Å². The smallest absolute Gasteiger partial charge is 0.164 e. The van der Waals surface area contributed by atoms with E-state index >= 15 is 0 Å². The standard InChI is InChI=1S/C13H14F2N2O/c1-17-8-7-16-12(17)6-5-11(18)9-3-2-4-10(14)13(9)15/h2-4,7-8,11,18H,5-6H2,1H3. The Morgan fingerprint density at radius 3 is 2.83 bits per heavy atom. The maximum absolute atomic E-state index is 13.4. The van der Waals surface area contributed by atoms with Gasteiger partial charge < -0.3 is 9.67 Å². The van der Waals surface area contributed by atoms with Crippen LogP contribution in [0.2, 0.25) is 0 Å². The van der Waals surface area contributed by atoms with Crippen LogP contribution in [0.1, 0.15) is 23.9 Å². The largest absolute Gasteiger partial charge is 0.388 e. The normalized spacial score (nSPS) is 12.7. The van der Waals surface area contributed by atoms with Crippen LogP contribution in [0.25, 0.3) is 0 Å². The van der Waals surface area contributed by atoms with Crippen LogP contribution in [0.15, 0.2) is 30.6 Å². The lowest BCUT2D eigenvalue weighted by Crippen LogP contribution is -2.06. The second-order valence-electron chi connectivity index (χ2n) is 4.15. The maximum Gasteiger partial charge on any atom is 0.164 e. The number of imidazole rings is 1. The molecule has 0 saturated heterocycles. The van der Waals surface area contributed by atoms with Crippen molar-refractivity contribution in [3.63, 3.8) is 0 Å². The van der Waals surface area contributed by atoms with Crippen LogP contribution in [0.3, 0.4) is 0 Å². The van der Waals surface area contributed by atoms with E-state index in [0.29, 0.717) is 12.8 Å². The van der Waals surface area contributed by atoms with E-state index in [1.165, 1.54) is 12.1 Å². The van der Waals surface area contributed by atoms with Gasteiger partial charge in [-0.05, 0) is 12.5 Å². The lowest BCUT2D eigenvalue weighted by molar-refractivity contribution is 0.161. The lowest BCUT2D eigenvalue weighted by Gasteiger charge is -2.12. The maximum atomic E-state index is 13.4. The summed E-state index contributed by atoms with van der Waals surface area (Å²) in [7, 11) is 1.84. The fourth-order valence-electron chi connectivity index (χ4n) is 1.84. The number of aliphatic hydroxyl groups excluding tert-OH is 1. The topological polar surface area (TPSA) is 38.0 Å². The van der Waals surface area contributed by atoms with E-state index in [9.17, 15) is 13.9 Å². The fraction of sp³-hybridized carbons (Fsp3) is 0.308. The highest BCUT2D eigenvalue weighted by molar-refractivity contribution is 5.21. The van der Waals surface area contributed by atoms with Crippen LogP contribution in [-0.2, 0) is 13.5 Å². The zero-order valence-corrected chi connectivity index (χ0v) is 9.98. The minimum atomic E-state index is -1.03. The van der Waals surface area contributed by atoms with Gasteiger partial charge in [0.2, 0.25) is 0 Å². The highest BCUT2D eigenvalue weighted by Crippen LogP contribution is 2.22. The second-order valence-corrected chi connectivity index (χ2v) is 4.15. The minimum absolute atomic E-state index is 0.00999. The molecule has 0 aliphatic heterocycles. The molecule has 3 nitrogen and oxygen atoms in total. The molecule has 0 bridgehead atoms. The molecule has 5 heteroatoms. The van der Waals surface area contributed by atoms with Crippen LogP contribution < -0.4 is 0 Å². The molecule has 2 rings (SSSR count). The molecule has 0 radical (unpaired) electrons. The third-order valence-corrected chi connectivity index (χ3v) is 2.90. The SMILES string of the molecule is Cn1ccnc1CCC(O)c1cccc(F)c1F. The molecular formula is C13H14F2N2O. The van der Waals surface area contributed by atoms with E-state index in [4.69, 9.17) is 0 Å². The molecule has 0 amide bonds. The van der Waals surface area contributed by atoms with Gasteiger partial charge in [0.15, 0.2) is 11.6 Å². The van der Waals surface area contributed by atoms with Crippen molar-refractivity contribution in [3.8, 4) is 0 Å². The molecule has 1 aromatic carbocycles. The first-order valence-electron chi connectivity index (χ1n) is 5.67. The van der Waals surface area contributed by atoms with E-state index in [1.54, 1.807) is 12.4 Å². The van der Waals surface area contributed by atoms with Crippen molar-refractivity contribution in [1.29, 1.82) is 0 Å². The third-order valence-electron chi connectivity index (χ3n) is 2.90. The molecule has 1 N–H and O–H groups in total. The number of hydrogen-bond donors (Lipinski definition) is 1. The predicted octanol–water partition coefficient (Wildman–Crippen LogP) is 2.36. The second kappa shape index (κ2) is 5.27. The molecule has 0 spiro atoms. The van der Waals surface area contributed by atoms with E-state index in [1.807, 2.05) is 11.6 Å². The first-order valence-corrected chi connectivity index (χ1v) is 5.67. The number of aryl methyl sites for hydroxylation is 2. The summed E-state index contributed by atoms with van der Waals surface area (Å²) in [4.78, 5) is 4.11. The Morgan fingerprint density at radius 1 is 1.39 bits per heavy atom. The van der Waals surface area contributed by atoms with Crippen molar-refractivity contribution in [2.75, 3.05) is 0 Å². The monoisotopic (exact) mass is 252 g/mol. The van der Waals surface area contributed by atoms with Crippen molar-refractivity contribution in [1.82, 2.24) is 9.55 Å². The van der Waals surface area contributed by atoms with Gasteiger partial charge in [-0.1, -0.05) is 12.1 Å². The summed E-state index contributed by atoms with van der Waals surface area (Å²) in [6.45, 7) is 0. The number of hydrogen-bond acceptors (Lipinski definition) is 2. The molecule has 0 aliphatic rings. The van der Waals surface area contributed by atoms with Crippen molar-refractivity contribution in [3.05, 3.63) is 53.6 Å². The average molecular weight is 252 g/mol. The summed E-state index contributed by atoms with van der Waals surface area (Å²) in [5.41, 5.74) is -0.00999. The number of halogens is 2. The number of aromatic nitrogens is 2. The molecule has 96 valence electrons. The number of nitrogens with zero attached hydrogens (tertiary/aromatic N) is 2. The predicted molar refractivity (Wildman–Crippen MR) is 62.8 cm³/mol. The lowest BCUT2D eigenvalue weighted by atomic mass is 10.0. The highest BCUT2D eigenvalue weighted by Gasteiger charge is 2.16. The van der Waals surface area contributed by atoms with E-state index in [2.05, 4.69) is 4.98 Å². The van der Waals surface area contributed by atoms with E-state index in [0.717, 1.165) is 11.9 Å². The highest BCUT2D eigenvalue weighted by atomic mass is 19.2. The molecule has 1 atom stereocenters.